The van der Waals surface area contributed by atoms with Gasteiger partial charge in [0.25, 0.3) is 0 Å². The van der Waals surface area contributed by atoms with Crippen LogP contribution < -0.4 is 0 Å². The first-order valence-electron chi connectivity index (χ1n) is 6.04. The molecule has 0 aliphatic rings. The molecule has 0 spiro atoms. The fourth-order valence-electron chi connectivity index (χ4n) is 1.63. The number of hydrogen-bond acceptors (Lipinski definition) is 3. The second kappa shape index (κ2) is 8.20. The molecule has 0 aliphatic carbocycles. The van der Waals surface area contributed by atoms with E-state index in [9.17, 15) is 4.79 Å². The van der Waals surface area contributed by atoms with Crippen LogP contribution in [0, 0.1) is 0 Å². The predicted octanol–water partition coefficient (Wildman–Crippen LogP) is 4.07. The Bertz CT molecular complexity index is 203. The van der Waals surface area contributed by atoms with Gasteiger partial charge in [0.2, 0.25) is 0 Å². The Morgan fingerprint density at radius 3 is 2.06 bits per heavy atom. The van der Waals surface area contributed by atoms with Crippen LogP contribution in [0.4, 0.5) is 4.79 Å². The molecule has 0 saturated heterocycles. The highest BCUT2D eigenvalue weighted by Crippen LogP contribution is 2.27. The van der Waals surface area contributed by atoms with Gasteiger partial charge in [-0.05, 0) is 31.8 Å². The Labute approximate surface area is 98.8 Å². The maximum absolute atomic E-state index is 11.2. The largest absolute Gasteiger partial charge is 0.508 e. The van der Waals surface area contributed by atoms with E-state index < -0.39 is 11.8 Å². The number of methoxy groups -OCH3 is 1. The molecule has 3 nitrogen and oxygen atoms in total. The van der Waals surface area contributed by atoms with Crippen LogP contribution in [-0.2, 0) is 9.47 Å². The molecule has 0 fully saturated rings. The lowest BCUT2D eigenvalue weighted by molar-refractivity contribution is -0.0112. The third-order valence-corrected chi connectivity index (χ3v) is 2.73. The zero-order valence-corrected chi connectivity index (χ0v) is 10.8. The second-order valence-corrected chi connectivity index (χ2v) is 4.03. The summed E-state index contributed by atoms with van der Waals surface area (Å²) in [7, 11) is 1.33. The lowest BCUT2D eigenvalue weighted by Crippen LogP contribution is -2.33. The number of hydrogen-bond donors (Lipinski definition) is 0. The van der Waals surface area contributed by atoms with Gasteiger partial charge in [-0.25, -0.2) is 4.79 Å². The van der Waals surface area contributed by atoms with E-state index in [1.54, 1.807) is 6.08 Å². The van der Waals surface area contributed by atoms with Gasteiger partial charge < -0.3 is 9.47 Å². The maximum atomic E-state index is 11.2. The van der Waals surface area contributed by atoms with Crippen LogP contribution in [-0.4, -0.2) is 18.9 Å². The van der Waals surface area contributed by atoms with Crippen molar-refractivity contribution in [2.24, 2.45) is 0 Å². The lowest BCUT2D eigenvalue weighted by atomic mass is 9.91. The van der Waals surface area contributed by atoms with E-state index in [4.69, 9.17) is 4.74 Å². The molecule has 0 unspecified atom stereocenters. The van der Waals surface area contributed by atoms with Crippen molar-refractivity contribution in [3.63, 3.8) is 0 Å². The maximum Gasteiger partial charge on any atom is 0.508 e. The first-order valence-corrected chi connectivity index (χ1v) is 6.04. The molecule has 0 saturated carbocycles. The summed E-state index contributed by atoms with van der Waals surface area (Å²) in [4.78, 5) is 11.2. The van der Waals surface area contributed by atoms with Gasteiger partial charge in [0.1, 0.15) is 5.60 Å². The Morgan fingerprint density at radius 1 is 1.25 bits per heavy atom. The summed E-state index contributed by atoms with van der Waals surface area (Å²) >= 11 is 0. The average molecular weight is 228 g/mol. The zero-order valence-electron chi connectivity index (χ0n) is 10.8. The summed E-state index contributed by atoms with van der Waals surface area (Å²) in [6.45, 7) is 8.03. The third kappa shape index (κ3) is 5.19. The van der Waals surface area contributed by atoms with Crippen molar-refractivity contribution >= 4 is 6.16 Å². The highest BCUT2D eigenvalue weighted by molar-refractivity contribution is 5.60. The molecule has 0 aromatic carbocycles. The lowest BCUT2D eigenvalue weighted by Gasteiger charge is -2.29. The van der Waals surface area contributed by atoms with Crippen LogP contribution in [0.1, 0.15) is 52.4 Å². The SMILES string of the molecule is C=CC(CCCC)(CCCC)OC(=O)OC. The molecule has 94 valence electrons. The summed E-state index contributed by atoms with van der Waals surface area (Å²) in [5, 5.41) is 0. The molecule has 0 heterocycles. The molecule has 0 N–H and O–H groups in total. The molecule has 3 heteroatoms. The van der Waals surface area contributed by atoms with E-state index in [0.717, 1.165) is 38.5 Å². The van der Waals surface area contributed by atoms with Gasteiger partial charge in [-0.3, -0.25) is 0 Å². The normalized spacial score (nSPS) is 10.9. The average Bonchev–Trinajstić information content (AvgIpc) is 2.32. The van der Waals surface area contributed by atoms with Gasteiger partial charge in [-0.15, -0.1) is 0 Å². The third-order valence-electron chi connectivity index (χ3n) is 2.73. The Balaban J connectivity index is 4.51. The van der Waals surface area contributed by atoms with Crippen molar-refractivity contribution in [2.45, 2.75) is 58.0 Å². The van der Waals surface area contributed by atoms with Crippen molar-refractivity contribution in [3.05, 3.63) is 12.7 Å². The molecule has 0 aliphatic heterocycles. The van der Waals surface area contributed by atoms with Gasteiger partial charge in [-0.2, -0.15) is 0 Å². The van der Waals surface area contributed by atoms with Crippen molar-refractivity contribution in [1.82, 2.24) is 0 Å². The minimum atomic E-state index is -0.618. The molecule has 0 atom stereocenters. The molecule has 0 amide bonds. The summed E-state index contributed by atoms with van der Waals surface area (Å²) < 4.78 is 9.92. The van der Waals surface area contributed by atoms with Crippen molar-refractivity contribution in [3.8, 4) is 0 Å². The Kier molecular flexibility index (Phi) is 7.69. The summed E-state index contributed by atoms with van der Waals surface area (Å²) in [5.41, 5.74) is -0.543. The quantitative estimate of drug-likeness (QED) is 0.464. The number of carbonyl (C=O) groups is 1. The molecule has 0 bridgehead atoms. The number of rotatable bonds is 8. The number of carbonyl (C=O) groups excluding carboxylic acids is 1. The van der Waals surface area contributed by atoms with Gasteiger partial charge >= 0.3 is 6.16 Å². The van der Waals surface area contributed by atoms with Crippen molar-refractivity contribution in [2.75, 3.05) is 7.11 Å². The molecule has 0 radical (unpaired) electrons. The van der Waals surface area contributed by atoms with Gasteiger partial charge in [0.05, 0.1) is 7.11 Å². The Morgan fingerprint density at radius 2 is 1.75 bits per heavy atom. The summed E-state index contributed by atoms with van der Waals surface area (Å²) in [6, 6.07) is 0. The van der Waals surface area contributed by atoms with Gasteiger partial charge in [0.15, 0.2) is 0 Å². The highest BCUT2D eigenvalue weighted by atomic mass is 16.7. The zero-order chi connectivity index (χ0) is 12.4. The highest BCUT2D eigenvalue weighted by Gasteiger charge is 2.30. The topological polar surface area (TPSA) is 35.5 Å². The van der Waals surface area contributed by atoms with Crippen molar-refractivity contribution < 1.29 is 14.3 Å². The fourth-order valence-corrected chi connectivity index (χ4v) is 1.63. The monoisotopic (exact) mass is 228 g/mol. The van der Waals surface area contributed by atoms with Crippen LogP contribution in [0.3, 0.4) is 0 Å². The van der Waals surface area contributed by atoms with Crippen LogP contribution in [0.2, 0.25) is 0 Å². The van der Waals surface area contributed by atoms with E-state index in [1.165, 1.54) is 7.11 Å². The molecule has 0 aromatic rings. The molecule has 16 heavy (non-hydrogen) atoms. The van der Waals surface area contributed by atoms with Crippen LogP contribution in [0.25, 0.3) is 0 Å². The van der Waals surface area contributed by atoms with Crippen LogP contribution >= 0.6 is 0 Å². The minimum absolute atomic E-state index is 0.543. The van der Waals surface area contributed by atoms with Gasteiger partial charge in [-0.1, -0.05) is 33.3 Å². The van der Waals surface area contributed by atoms with Crippen LogP contribution in [0.15, 0.2) is 12.7 Å². The molecular formula is C13H24O3. The van der Waals surface area contributed by atoms with E-state index >= 15 is 0 Å². The second-order valence-electron chi connectivity index (χ2n) is 4.03. The van der Waals surface area contributed by atoms with E-state index in [1.807, 2.05) is 0 Å². The van der Waals surface area contributed by atoms with Gasteiger partial charge in [0, 0.05) is 0 Å². The first kappa shape index (κ1) is 15.0. The number of ether oxygens (including phenoxy) is 2. The standard InChI is InChI=1S/C13H24O3/c1-5-8-10-13(7-3,11-9-6-2)16-12(14)15-4/h7H,3,5-6,8-11H2,1-2,4H3. The van der Waals surface area contributed by atoms with Crippen LogP contribution in [0.5, 0.6) is 0 Å². The van der Waals surface area contributed by atoms with E-state index in [2.05, 4.69) is 25.2 Å². The summed E-state index contributed by atoms with van der Waals surface area (Å²) in [6.07, 6.45) is 6.96. The smallest absolute Gasteiger partial charge is 0.438 e. The molecule has 0 aromatic heterocycles. The predicted molar refractivity (Wildman–Crippen MR) is 65.5 cm³/mol. The van der Waals surface area contributed by atoms with E-state index in [-0.39, 0.29) is 0 Å². The minimum Gasteiger partial charge on any atom is -0.438 e. The molecular weight excluding hydrogens is 204 g/mol. The fraction of sp³-hybridized carbons (Fsp3) is 0.769. The van der Waals surface area contributed by atoms with E-state index in [0.29, 0.717) is 0 Å². The molecule has 0 rings (SSSR count). The Hall–Kier alpha value is -0.990. The summed E-state index contributed by atoms with van der Waals surface area (Å²) in [5.74, 6) is 0. The first-order chi connectivity index (χ1) is 7.64. The number of unbranched alkanes of at least 4 members (excludes halogenated alkanes) is 2. The van der Waals surface area contributed by atoms with Crippen molar-refractivity contribution in [1.29, 1.82) is 0 Å².